The maximum Gasteiger partial charge on any atom is 0.214 e. The molecule has 2 fully saturated rings. The fourth-order valence-corrected chi connectivity index (χ4v) is 4.46. The lowest BCUT2D eigenvalue weighted by Crippen LogP contribution is -2.38. The van der Waals surface area contributed by atoms with Crippen LogP contribution in [0.25, 0.3) is 0 Å². The second kappa shape index (κ2) is 6.16. The van der Waals surface area contributed by atoms with E-state index in [0.29, 0.717) is 11.7 Å². The van der Waals surface area contributed by atoms with E-state index in [1.54, 1.807) is 4.31 Å². The van der Waals surface area contributed by atoms with Gasteiger partial charge in [0.2, 0.25) is 10.0 Å². The summed E-state index contributed by atoms with van der Waals surface area (Å²) in [5, 5.41) is 3.34. The van der Waals surface area contributed by atoms with E-state index in [0.717, 1.165) is 45.4 Å². The van der Waals surface area contributed by atoms with Crippen LogP contribution < -0.4 is 5.32 Å². The monoisotopic (exact) mass is 260 g/mol. The molecule has 2 aliphatic rings. The zero-order valence-electron chi connectivity index (χ0n) is 10.5. The van der Waals surface area contributed by atoms with Gasteiger partial charge in [0, 0.05) is 13.1 Å². The molecule has 2 saturated heterocycles. The minimum Gasteiger partial charge on any atom is -0.316 e. The van der Waals surface area contributed by atoms with E-state index < -0.39 is 10.0 Å². The lowest BCUT2D eigenvalue weighted by molar-refractivity contribution is 0.338. The summed E-state index contributed by atoms with van der Waals surface area (Å²) < 4.78 is 26.0. The second-order valence-corrected chi connectivity index (χ2v) is 7.37. The minimum absolute atomic E-state index is 0.347. The topological polar surface area (TPSA) is 49.4 Å². The third-order valence-corrected chi connectivity index (χ3v) is 5.79. The van der Waals surface area contributed by atoms with E-state index in [4.69, 9.17) is 0 Å². The Morgan fingerprint density at radius 1 is 1.12 bits per heavy atom. The quantitative estimate of drug-likeness (QED) is 0.826. The summed E-state index contributed by atoms with van der Waals surface area (Å²) >= 11 is 0. The normalized spacial score (nSPS) is 28.1. The molecule has 4 nitrogen and oxygen atoms in total. The molecule has 0 bridgehead atoms. The standard InChI is InChI=1S/C12H24N2O2S/c15-17(16,14-8-2-1-3-9-14)10-6-12-5-4-7-13-11-12/h12-13H,1-11H2. The van der Waals surface area contributed by atoms with Gasteiger partial charge in [-0.25, -0.2) is 12.7 Å². The van der Waals surface area contributed by atoms with Gasteiger partial charge in [-0.05, 0) is 51.1 Å². The van der Waals surface area contributed by atoms with Gasteiger partial charge in [0.1, 0.15) is 0 Å². The van der Waals surface area contributed by atoms with Crippen molar-refractivity contribution in [2.75, 3.05) is 31.9 Å². The minimum atomic E-state index is -2.98. The molecule has 1 atom stereocenters. The largest absolute Gasteiger partial charge is 0.316 e. The van der Waals surface area contributed by atoms with E-state index in [-0.39, 0.29) is 0 Å². The highest BCUT2D eigenvalue weighted by Gasteiger charge is 2.25. The van der Waals surface area contributed by atoms with Gasteiger partial charge in [0.15, 0.2) is 0 Å². The van der Waals surface area contributed by atoms with Gasteiger partial charge in [0.05, 0.1) is 5.75 Å². The second-order valence-electron chi connectivity index (χ2n) is 5.28. The Morgan fingerprint density at radius 3 is 2.53 bits per heavy atom. The lowest BCUT2D eigenvalue weighted by atomic mass is 9.97. The first-order chi connectivity index (χ1) is 8.18. The molecule has 0 aromatic heterocycles. The molecule has 0 aromatic rings. The van der Waals surface area contributed by atoms with E-state index >= 15 is 0 Å². The summed E-state index contributed by atoms with van der Waals surface area (Å²) in [6, 6.07) is 0. The molecule has 5 heteroatoms. The molecule has 0 aromatic carbocycles. The molecule has 0 amide bonds. The van der Waals surface area contributed by atoms with Gasteiger partial charge < -0.3 is 5.32 Å². The third-order valence-electron chi connectivity index (χ3n) is 3.89. The average Bonchev–Trinajstić information content (AvgIpc) is 2.39. The fraction of sp³-hybridized carbons (Fsp3) is 1.00. The predicted octanol–water partition coefficient (Wildman–Crippen LogP) is 1.19. The van der Waals surface area contributed by atoms with Crippen LogP contribution in [0.4, 0.5) is 0 Å². The van der Waals surface area contributed by atoms with Gasteiger partial charge in [-0.1, -0.05) is 6.42 Å². The number of nitrogens with zero attached hydrogens (tertiary/aromatic N) is 1. The van der Waals surface area contributed by atoms with Crippen LogP contribution in [-0.2, 0) is 10.0 Å². The van der Waals surface area contributed by atoms with Crippen molar-refractivity contribution >= 4 is 10.0 Å². The summed E-state index contributed by atoms with van der Waals surface area (Å²) in [7, 11) is -2.98. The third kappa shape index (κ3) is 3.93. The van der Waals surface area contributed by atoms with Crippen LogP contribution in [0.2, 0.25) is 0 Å². The highest BCUT2D eigenvalue weighted by atomic mass is 32.2. The molecule has 17 heavy (non-hydrogen) atoms. The van der Waals surface area contributed by atoms with Crippen LogP contribution in [0.1, 0.15) is 38.5 Å². The van der Waals surface area contributed by atoms with Crippen molar-refractivity contribution in [1.82, 2.24) is 9.62 Å². The first-order valence-corrected chi connectivity index (χ1v) is 8.48. The van der Waals surface area contributed by atoms with E-state index in [1.165, 1.54) is 19.3 Å². The molecule has 1 N–H and O–H groups in total. The van der Waals surface area contributed by atoms with Crippen molar-refractivity contribution in [2.45, 2.75) is 38.5 Å². The van der Waals surface area contributed by atoms with Crippen molar-refractivity contribution in [3.8, 4) is 0 Å². The Labute approximate surface area is 105 Å². The fourth-order valence-electron chi connectivity index (χ4n) is 2.76. The molecule has 2 rings (SSSR count). The Hall–Kier alpha value is -0.130. The average molecular weight is 260 g/mol. The Morgan fingerprint density at radius 2 is 1.88 bits per heavy atom. The van der Waals surface area contributed by atoms with E-state index in [9.17, 15) is 8.42 Å². The zero-order chi connectivity index (χ0) is 12.1. The Bertz CT molecular complexity index is 317. The number of hydrogen-bond acceptors (Lipinski definition) is 3. The zero-order valence-corrected chi connectivity index (χ0v) is 11.3. The molecule has 2 heterocycles. The molecular formula is C12H24N2O2S. The summed E-state index contributed by atoms with van der Waals surface area (Å²) in [4.78, 5) is 0. The molecule has 0 saturated carbocycles. The maximum atomic E-state index is 12.1. The number of sulfonamides is 1. The maximum absolute atomic E-state index is 12.1. The highest BCUT2D eigenvalue weighted by molar-refractivity contribution is 7.89. The summed E-state index contributed by atoms with van der Waals surface area (Å²) in [6.45, 7) is 3.57. The van der Waals surface area contributed by atoms with Gasteiger partial charge >= 0.3 is 0 Å². The van der Waals surface area contributed by atoms with E-state index in [1.807, 2.05) is 0 Å². The SMILES string of the molecule is O=S(=O)(CCC1CCCNC1)N1CCCCC1. The lowest BCUT2D eigenvalue weighted by Gasteiger charge is -2.27. The van der Waals surface area contributed by atoms with E-state index in [2.05, 4.69) is 5.32 Å². The van der Waals surface area contributed by atoms with Crippen LogP contribution in [0.3, 0.4) is 0 Å². The summed E-state index contributed by atoms with van der Waals surface area (Å²) in [5.41, 5.74) is 0. The first-order valence-electron chi connectivity index (χ1n) is 6.87. The van der Waals surface area contributed by atoms with Gasteiger partial charge in [-0.3, -0.25) is 0 Å². The van der Waals surface area contributed by atoms with Crippen LogP contribution in [0, 0.1) is 5.92 Å². The Kier molecular flexibility index (Phi) is 4.82. The number of piperidine rings is 2. The summed E-state index contributed by atoms with van der Waals surface area (Å²) in [6.07, 6.45) is 6.44. The van der Waals surface area contributed by atoms with Crippen LogP contribution in [-0.4, -0.2) is 44.7 Å². The van der Waals surface area contributed by atoms with Crippen molar-refractivity contribution in [3.05, 3.63) is 0 Å². The first kappa shape index (κ1) is 13.3. The van der Waals surface area contributed by atoms with Crippen LogP contribution >= 0.6 is 0 Å². The molecule has 100 valence electrons. The van der Waals surface area contributed by atoms with Crippen molar-refractivity contribution < 1.29 is 8.42 Å². The van der Waals surface area contributed by atoms with Gasteiger partial charge in [-0.15, -0.1) is 0 Å². The predicted molar refractivity (Wildman–Crippen MR) is 69.4 cm³/mol. The van der Waals surface area contributed by atoms with Crippen LogP contribution in [0.5, 0.6) is 0 Å². The number of rotatable bonds is 4. The molecule has 0 aliphatic carbocycles. The summed E-state index contributed by atoms with van der Waals surface area (Å²) in [5.74, 6) is 0.905. The van der Waals surface area contributed by atoms with Gasteiger partial charge in [-0.2, -0.15) is 0 Å². The van der Waals surface area contributed by atoms with Crippen LogP contribution in [0.15, 0.2) is 0 Å². The number of nitrogens with one attached hydrogen (secondary N) is 1. The van der Waals surface area contributed by atoms with Crippen molar-refractivity contribution in [2.24, 2.45) is 5.92 Å². The molecule has 0 radical (unpaired) electrons. The smallest absolute Gasteiger partial charge is 0.214 e. The van der Waals surface area contributed by atoms with Crippen molar-refractivity contribution in [3.63, 3.8) is 0 Å². The molecule has 0 spiro atoms. The highest BCUT2D eigenvalue weighted by Crippen LogP contribution is 2.18. The molecule has 2 aliphatic heterocycles. The number of hydrogen-bond donors (Lipinski definition) is 1. The molecular weight excluding hydrogens is 236 g/mol. The Balaban J connectivity index is 1.79. The molecule has 1 unspecified atom stereocenters. The van der Waals surface area contributed by atoms with Crippen molar-refractivity contribution in [1.29, 1.82) is 0 Å². The van der Waals surface area contributed by atoms with Gasteiger partial charge in [0.25, 0.3) is 0 Å².